The van der Waals surface area contributed by atoms with Crippen LogP contribution in [-0.2, 0) is 0 Å². The molecule has 6 nitrogen and oxygen atoms in total. The van der Waals surface area contributed by atoms with E-state index in [9.17, 15) is 0 Å². The maximum absolute atomic E-state index is 5.28. The highest BCUT2D eigenvalue weighted by molar-refractivity contribution is 5.58. The predicted molar refractivity (Wildman–Crippen MR) is 68.5 cm³/mol. The zero-order chi connectivity index (χ0) is 12.5. The van der Waals surface area contributed by atoms with Crippen molar-refractivity contribution in [3.8, 4) is 11.4 Å². The summed E-state index contributed by atoms with van der Waals surface area (Å²) in [6.07, 6.45) is 1.67. The third-order valence-corrected chi connectivity index (χ3v) is 3.24. The van der Waals surface area contributed by atoms with Crippen LogP contribution in [0.2, 0.25) is 0 Å². The van der Waals surface area contributed by atoms with Gasteiger partial charge < -0.3 is 14.6 Å². The van der Waals surface area contributed by atoms with Crippen LogP contribution in [0.1, 0.15) is 12.7 Å². The summed E-state index contributed by atoms with van der Waals surface area (Å²) in [5.74, 6) is 2.38. The van der Waals surface area contributed by atoms with Gasteiger partial charge in [0.05, 0.1) is 11.8 Å². The van der Waals surface area contributed by atoms with Gasteiger partial charge in [0, 0.05) is 25.7 Å². The molecular weight excluding hydrogens is 230 g/mol. The maximum Gasteiger partial charge on any atom is 0.245 e. The molecule has 1 atom stereocenters. The Kier molecular flexibility index (Phi) is 2.79. The highest BCUT2D eigenvalue weighted by Gasteiger charge is 2.20. The predicted octanol–water partition coefficient (Wildman–Crippen LogP) is 1.17. The molecule has 1 aliphatic rings. The van der Waals surface area contributed by atoms with E-state index in [1.807, 2.05) is 13.0 Å². The number of anilines is 1. The number of aromatic nitrogens is 3. The summed E-state index contributed by atoms with van der Waals surface area (Å²) in [4.78, 5) is 6.73. The van der Waals surface area contributed by atoms with Crippen LogP contribution in [0.4, 0.5) is 5.95 Å². The molecule has 2 N–H and O–H groups in total. The fraction of sp³-hybridized carbons (Fsp3) is 0.500. The number of hydrogen-bond acceptors (Lipinski definition) is 5. The highest BCUT2D eigenvalue weighted by atomic mass is 16.3. The van der Waals surface area contributed by atoms with Crippen LogP contribution in [0.25, 0.3) is 11.4 Å². The van der Waals surface area contributed by atoms with Crippen molar-refractivity contribution in [1.29, 1.82) is 0 Å². The Labute approximate surface area is 105 Å². The summed E-state index contributed by atoms with van der Waals surface area (Å²) in [6, 6.07) is 2.37. The Morgan fingerprint density at radius 2 is 2.39 bits per heavy atom. The molecule has 3 heterocycles. The van der Waals surface area contributed by atoms with Crippen molar-refractivity contribution in [2.24, 2.45) is 0 Å². The molecular formula is C12H17N5O. The number of aryl methyl sites for hydroxylation is 1. The molecule has 0 aromatic carbocycles. The molecule has 1 aliphatic heterocycles. The molecule has 1 unspecified atom stereocenters. The van der Waals surface area contributed by atoms with Crippen molar-refractivity contribution >= 4 is 5.95 Å². The molecule has 0 bridgehead atoms. The molecule has 3 rings (SSSR count). The standard InChI is InChI=1S/C12H17N5O/c1-8-7-17(5-4-13-8)12-14-11(15-16-12)10-3-6-18-9(10)2/h3,6,8,13H,4-5,7H2,1-2H3,(H,14,15,16). The average molecular weight is 247 g/mol. The van der Waals surface area contributed by atoms with Crippen molar-refractivity contribution < 1.29 is 4.42 Å². The molecule has 0 saturated carbocycles. The van der Waals surface area contributed by atoms with E-state index < -0.39 is 0 Å². The summed E-state index contributed by atoms with van der Waals surface area (Å²) < 4.78 is 5.28. The van der Waals surface area contributed by atoms with E-state index in [2.05, 4.69) is 32.3 Å². The number of H-pyrrole nitrogens is 1. The molecule has 1 fully saturated rings. The number of rotatable bonds is 2. The topological polar surface area (TPSA) is 70.0 Å². The van der Waals surface area contributed by atoms with Crippen molar-refractivity contribution in [2.75, 3.05) is 24.5 Å². The molecule has 18 heavy (non-hydrogen) atoms. The molecule has 0 spiro atoms. The highest BCUT2D eigenvalue weighted by Crippen LogP contribution is 2.22. The van der Waals surface area contributed by atoms with E-state index in [0.717, 1.165) is 42.7 Å². The first kappa shape index (κ1) is 11.3. The lowest BCUT2D eigenvalue weighted by Crippen LogP contribution is -2.49. The minimum atomic E-state index is 0.469. The van der Waals surface area contributed by atoms with Gasteiger partial charge in [-0.05, 0) is 19.9 Å². The van der Waals surface area contributed by atoms with Gasteiger partial charge in [-0.2, -0.15) is 4.98 Å². The summed E-state index contributed by atoms with van der Waals surface area (Å²) in [6.45, 7) is 6.92. The van der Waals surface area contributed by atoms with Crippen LogP contribution in [0.3, 0.4) is 0 Å². The van der Waals surface area contributed by atoms with Crippen LogP contribution in [0.5, 0.6) is 0 Å². The van der Waals surface area contributed by atoms with Crippen molar-refractivity contribution in [1.82, 2.24) is 20.5 Å². The summed E-state index contributed by atoms with van der Waals surface area (Å²) in [5, 5.41) is 10.7. The number of nitrogens with zero attached hydrogens (tertiary/aromatic N) is 3. The van der Waals surface area contributed by atoms with Gasteiger partial charge in [-0.3, -0.25) is 5.10 Å². The van der Waals surface area contributed by atoms with Crippen molar-refractivity contribution in [3.05, 3.63) is 18.1 Å². The van der Waals surface area contributed by atoms with Crippen LogP contribution in [-0.4, -0.2) is 40.9 Å². The number of aromatic amines is 1. The van der Waals surface area contributed by atoms with E-state index in [1.165, 1.54) is 0 Å². The maximum atomic E-state index is 5.28. The zero-order valence-corrected chi connectivity index (χ0v) is 10.6. The first-order valence-electron chi connectivity index (χ1n) is 6.19. The van der Waals surface area contributed by atoms with E-state index in [0.29, 0.717) is 6.04 Å². The molecule has 1 saturated heterocycles. The van der Waals surface area contributed by atoms with Gasteiger partial charge in [0.2, 0.25) is 5.95 Å². The largest absolute Gasteiger partial charge is 0.469 e. The first-order chi connectivity index (χ1) is 8.74. The van der Waals surface area contributed by atoms with Gasteiger partial charge in [-0.15, -0.1) is 5.10 Å². The first-order valence-corrected chi connectivity index (χ1v) is 6.19. The molecule has 6 heteroatoms. The zero-order valence-electron chi connectivity index (χ0n) is 10.6. The average Bonchev–Trinajstić information content (AvgIpc) is 2.97. The molecule has 0 amide bonds. The number of nitrogens with one attached hydrogen (secondary N) is 2. The quantitative estimate of drug-likeness (QED) is 0.833. The smallest absolute Gasteiger partial charge is 0.245 e. The third kappa shape index (κ3) is 1.99. The van der Waals surface area contributed by atoms with E-state index in [4.69, 9.17) is 4.42 Å². The lowest BCUT2D eigenvalue weighted by Gasteiger charge is -2.30. The fourth-order valence-electron chi connectivity index (χ4n) is 2.26. The van der Waals surface area contributed by atoms with Gasteiger partial charge >= 0.3 is 0 Å². The van der Waals surface area contributed by atoms with Crippen LogP contribution < -0.4 is 10.2 Å². The lowest BCUT2D eigenvalue weighted by molar-refractivity contribution is 0.480. The normalized spacial score (nSPS) is 20.3. The second-order valence-corrected chi connectivity index (χ2v) is 4.68. The number of piperazine rings is 1. The Bertz CT molecular complexity index is 532. The fourth-order valence-corrected chi connectivity index (χ4v) is 2.26. The molecule has 2 aromatic rings. The Morgan fingerprint density at radius 1 is 1.50 bits per heavy atom. The number of hydrogen-bond donors (Lipinski definition) is 2. The molecule has 0 radical (unpaired) electrons. The minimum Gasteiger partial charge on any atom is -0.469 e. The van der Waals surface area contributed by atoms with Gasteiger partial charge in [-0.25, -0.2) is 0 Å². The van der Waals surface area contributed by atoms with Crippen LogP contribution in [0, 0.1) is 6.92 Å². The summed E-state index contributed by atoms with van der Waals surface area (Å²) in [5.41, 5.74) is 0.969. The number of furan rings is 1. The molecule has 96 valence electrons. The van der Waals surface area contributed by atoms with Gasteiger partial charge in [0.1, 0.15) is 5.76 Å². The van der Waals surface area contributed by atoms with E-state index in [1.54, 1.807) is 6.26 Å². The SMILES string of the molecule is Cc1occc1-c1nc(N2CCNC(C)C2)n[nH]1. The second-order valence-electron chi connectivity index (χ2n) is 4.68. The van der Waals surface area contributed by atoms with Crippen molar-refractivity contribution in [3.63, 3.8) is 0 Å². The second kappa shape index (κ2) is 4.45. The van der Waals surface area contributed by atoms with Crippen LogP contribution in [0.15, 0.2) is 16.7 Å². The van der Waals surface area contributed by atoms with E-state index in [-0.39, 0.29) is 0 Å². The Balaban J connectivity index is 1.83. The summed E-state index contributed by atoms with van der Waals surface area (Å²) in [7, 11) is 0. The molecule has 0 aliphatic carbocycles. The van der Waals surface area contributed by atoms with Crippen LogP contribution >= 0.6 is 0 Å². The third-order valence-electron chi connectivity index (χ3n) is 3.24. The van der Waals surface area contributed by atoms with Crippen molar-refractivity contribution in [2.45, 2.75) is 19.9 Å². The van der Waals surface area contributed by atoms with E-state index >= 15 is 0 Å². The minimum absolute atomic E-state index is 0.469. The Morgan fingerprint density at radius 3 is 3.11 bits per heavy atom. The molecule has 2 aromatic heterocycles. The monoisotopic (exact) mass is 247 g/mol. The summed E-state index contributed by atoms with van der Waals surface area (Å²) >= 11 is 0. The lowest BCUT2D eigenvalue weighted by atomic mass is 10.2. The van der Waals surface area contributed by atoms with Gasteiger partial charge in [-0.1, -0.05) is 0 Å². The van der Waals surface area contributed by atoms with Gasteiger partial charge in [0.25, 0.3) is 0 Å². The van der Waals surface area contributed by atoms with Gasteiger partial charge in [0.15, 0.2) is 5.82 Å². The Hall–Kier alpha value is -1.82.